The molecule has 0 atom stereocenters. The highest BCUT2D eigenvalue weighted by molar-refractivity contribution is 5.36. The van der Waals surface area contributed by atoms with Crippen LogP contribution in [0.4, 0.5) is 0 Å². The molecule has 0 aliphatic carbocycles. The number of rotatable bonds is 7. The van der Waals surface area contributed by atoms with Gasteiger partial charge >= 0.3 is 0 Å². The van der Waals surface area contributed by atoms with Crippen molar-refractivity contribution in [3.63, 3.8) is 0 Å². The monoisotopic (exact) mass is 222 g/mol. The van der Waals surface area contributed by atoms with Crippen molar-refractivity contribution in [1.29, 1.82) is 0 Å². The van der Waals surface area contributed by atoms with Crippen LogP contribution in [0.1, 0.15) is 11.1 Å². The second-order valence-corrected chi connectivity index (χ2v) is 3.91. The van der Waals surface area contributed by atoms with Gasteiger partial charge in [-0.25, -0.2) is 0 Å². The van der Waals surface area contributed by atoms with Gasteiger partial charge < -0.3 is 15.4 Å². The summed E-state index contributed by atoms with van der Waals surface area (Å²) in [5.41, 5.74) is 2.56. The summed E-state index contributed by atoms with van der Waals surface area (Å²) < 4.78 is 5.23. The SMILES string of the molecule is CNCCNCCc1ccc(OC)c(C)c1. The molecule has 3 heteroatoms. The summed E-state index contributed by atoms with van der Waals surface area (Å²) in [4.78, 5) is 0. The fourth-order valence-electron chi connectivity index (χ4n) is 1.67. The molecule has 0 radical (unpaired) electrons. The van der Waals surface area contributed by atoms with Gasteiger partial charge in [-0.3, -0.25) is 0 Å². The minimum absolute atomic E-state index is 0.965. The third-order valence-electron chi connectivity index (χ3n) is 2.60. The molecule has 1 rings (SSSR count). The van der Waals surface area contributed by atoms with Crippen LogP contribution in [0.2, 0.25) is 0 Å². The van der Waals surface area contributed by atoms with Crippen molar-refractivity contribution in [3.8, 4) is 5.75 Å². The maximum absolute atomic E-state index is 5.23. The largest absolute Gasteiger partial charge is 0.496 e. The summed E-state index contributed by atoms with van der Waals surface area (Å²) in [5.74, 6) is 0.965. The maximum Gasteiger partial charge on any atom is 0.121 e. The number of methoxy groups -OCH3 is 1. The zero-order valence-corrected chi connectivity index (χ0v) is 10.5. The van der Waals surface area contributed by atoms with Crippen LogP contribution in [-0.4, -0.2) is 33.8 Å². The minimum atomic E-state index is 0.965. The minimum Gasteiger partial charge on any atom is -0.496 e. The maximum atomic E-state index is 5.23. The first-order valence-electron chi connectivity index (χ1n) is 5.76. The number of hydrogen-bond donors (Lipinski definition) is 2. The number of ether oxygens (including phenoxy) is 1. The molecule has 0 fully saturated rings. The third kappa shape index (κ3) is 4.21. The number of nitrogens with one attached hydrogen (secondary N) is 2. The predicted octanol–water partition coefficient (Wildman–Crippen LogP) is 1.36. The molecule has 0 aliphatic heterocycles. The van der Waals surface area contributed by atoms with Crippen molar-refractivity contribution in [2.24, 2.45) is 0 Å². The van der Waals surface area contributed by atoms with Crippen LogP contribution in [0, 0.1) is 6.92 Å². The van der Waals surface area contributed by atoms with E-state index in [1.165, 1.54) is 11.1 Å². The average molecular weight is 222 g/mol. The summed E-state index contributed by atoms with van der Waals surface area (Å²) in [7, 11) is 3.68. The number of aryl methyl sites for hydroxylation is 1. The van der Waals surface area contributed by atoms with Gasteiger partial charge in [-0.2, -0.15) is 0 Å². The van der Waals surface area contributed by atoms with Gasteiger partial charge in [-0.15, -0.1) is 0 Å². The number of hydrogen-bond acceptors (Lipinski definition) is 3. The quantitative estimate of drug-likeness (QED) is 0.683. The summed E-state index contributed by atoms with van der Waals surface area (Å²) >= 11 is 0. The van der Waals surface area contributed by atoms with E-state index >= 15 is 0 Å². The van der Waals surface area contributed by atoms with E-state index in [1.54, 1.807) is 7.11 Å². The Bertz CT molecular complexity index is 313. The Kier molecular flexibility index (Phi) is 5.90. The van der Waals surface area contributed by atoms with E-state index in [0.717, 1.165) is 31.8 Å². The smallest absolute Gasteiger partial charge is 0.121 e. The molecule has 2 N–H and O–H groups in total. The molecule has 0 aliphatic rings. The number of benzene rings is 1. The molecule has 16 heavy (non-hydrogen) atoms. The normalized spacial score (nSPS) is 10.4. The molecule has 0 bridgehead atoms. The van der Waals surface area contributed by atoms with Gasteiger partial charge in [0.2, 0.25) is 0 Å². The molecular weight excluding hydrogens is 200 g/mol. The molecule has 0 saturated carbocycles. The third-order valence-corrected chi connectivity index (χ3v) is 2.60. The standard InChI is InChI=1S/C13H22N2O/c1-11-10-12(4-5-13(11)16-3)6-7-15-9-8-14-2/h4-5,10,14-15H,6-9H2,1-3H3. The molecule has 90 valence electrons. The Labute approximate surface area is 98.2 Å². The van der Waals surface area contributed by atoms with Crippen LogP contribution in [0.5, 0.6) is 5.75 Å². The fraction of sp³-hybridized carbons (Fsp3) is 0.538. The van der Waals surface area contributed by atoms with Crippen LogP contribution in [0.3, 0.4) is 0 Å². The molecule has 3 nitrogen and oxygen atoms in total. The fourth-order valence-corrected chi connectivity index (χ4v) is 1.67. The highest BCUT2D eigenvalue weighted by Crippen LogP contribution is 2.18. The summed E-state index contributed by atoms with van der Waals surface area (Å²) in [6, 6.07) is 6.36. The lowest BCUT2D eigenvalue weighted by Crippen LogP contribution is -2.26. The Balaban J connectivity index is 2.34. The lowest BCUT2D eigenvalue weighted by Gasteiger charge is -2.08. The molecule has 0 aromatic heterocycles. The first-order valence-corrected chi connectivity index (χ1v) is 5.76. The van der Waals surface area contributed by atoms with Gasteiger partial charge in [0.1, 0.15) is 5.75 Å². The van der Waals surface area contributed by atoms with Gasteiger partial charge in [0, 0.05) is 13.1 Å². The van der Waals surface area contributed by atoms with Crippen molar-refractivity contribution >= 4 is 0 Å². The van der Waals surface area contributed by atoms with Gasteiger partial charge in [0.05, 0.1) is 7.11 Å². The molecule has 0 heterocycles. The van der Waals surface area contributed by atoms with E-state index in [0.29, 0.717) is 0 Å². The molecule has 0 spiro atoms. The Morgan fingerprint density at radius 3 is 2.62 bits per heavy atom. The van der Waals surface area contributed by atoms with E-state index < -0.39 is 0 Å². The van der Waals surface area contributed by atoms with Gasteiger partial charge in [0.15, 0.2) is 0 Å². The second kappa shape index (κ2) is 7.25. The average Bonchev–Trinajstić information content (AvgIpc) is 2.29. The zero-order chi connectivity index (χ0) is 11.8. The summed E-state index contributed by atoms with van der Waals surface area (Å²) in [5, 5.41) is 6.50. The highest BCUT2D eigenvalue weighted by Gasteiger charge is 1.99. The molecule has 0 unspecified atom stereocenters. The van der Waals surface area contributed by atoms with Gasteiger partial charge in [-0.1, -0.05) is 12.1 Å². The Hall–Kier alpha value is -1.06. The van der Waals surface area contributed by atoms with Crippen LogP contribution in [0.15, 0.2) is 18.2 Å². The number of likely N-dealkylation sites (N-methyl/N-ethyl adjacent to an activating group) is 1. The van der Waals surface area contributed by atoms with Crippen LogP contribution < -0.4 is 15.4 Å². The van der Waals surface area contributed by atoms with E-state index in [2.05, 4.69) is 29.7 Å². The van der Waals surface area contributed by atoms with Crippen LogP contribution in [0.25, 0.3) is 0 Å². The van der Waals surface area contributed by atoms with Crippen LogP contribution >= 0.6 is 0 Å². The first-order chi connectivity index (χ1) is 7.77. The van der Waals surface area contributed by atoms with Crippen molar-refractivity contribution in [3.05, 3.63) is 29.3 Å². The second-order valence-electron chi connectivity index (χ2n) is 3.91. The molecule has 1 aromatic rings. The Morgan fingerprint density at radius 1 is 1.19 bits per heavy atom. The van der Waals surface area contributed by atoms with Crippen LogP contribution in [-0.2, 0) is 6.42 Å². The zero-order valence-electron chi connectivity index (χ0n) is 10.5. The molecule has 0 amide bonds. The molecule has 1 aromatic carbocycles. The summed E-state index contributed by atoms with van der Waals surface area (Å²) in [6.45, 7) is 5.14. The molecular formula is C13H22N2O. The van der Waals surface area contributed by atoms with Crippen molar-refractivity contribution in [2.75, 3.05) is 33.8 Å². The lowest BCUT2D eigenvalue weighted by atomic mass is 10.1. The molecule has 0 saturated heterocycles. The van der Waals surface area contributed by atoms with E-state index in [9.17, 15) is 0 Å². The van der Waals surface area contributed by atoms with Gasteiger partial charge in [-0.05, 0) is 44.1 Å². The van der Waals surface area contributed by atoms with Crippen molar-refractivity contribution in [1.82, 2.24) is 10.6 Å². The lowest BCUT2D eigenvalue weighted by molar-refractivity contribution is 0.411. The topological polar surface area (TPSA) is 33.3 Å². The van der Waals surface area contributed by atoms with Crippen molar-refractivity contribution < 1.29 is 4.74 Å². The van der Waals surface area contributed by atoms with E-state index in [-0.39, 0.29) is 0 Å². The van der Waals surface area contributed by atoms with E-state index in [4.69, 9.17) is 4.74 Å². The highest BCUT2D eigenvalue weighted by atomic mass is 16.5. The van der Waals surface area contributed by atoms with Crippen molar-refractivity contribution in [2.45, 2.75) is 13.3 Å². The predicted molar refractivity (Wildman–Crippen MR) is 68.2 cm³/mol. The first kappa shape index (κ1) is 13.0. The van der Waals surface area contributed by atoms with Gasteiger partial charge in [0.25, 0.3) is 0 Å². The Morgan fingerprint density at radius 2 is 2.00 bits per heavy atom. The summed E-state index contributed by atoms with van der Waals surface area (Å²) in [6.07, 6.45) is 1.06. The van der Waals surface area contributed by atoms with E-state index in [1.807, 2.05) is 13.1 Å².